The van der Waals surface area contributed by atoms with E-state index in [4.69, 9.17) is 9.73 Å². The van der Waals surface area contributed by atoms with E-state index in [1.54, 1.807) is 18.4 Å². The van der Waals surface area contributed by atoms with E-state index < -0.39 is 0 Å². The van der Waals surface area contributed by atoms with Crippen molar-refractivity contribution in [2.45, 2.75) is 6.92 Å². The molecule has 5 heteroatoms. The fourth-order valence-corrected chi connectivity index (χ4v) is 3.78. The second kappa shape index (κ2) is 7.60. The Morgan fingerprint density at radius 2 is 1.70 bits per heavy atom. The summed E-state index contributed by atoms with van der Waals surface area (Å²) in [5.41, 5.74) is 4.21. The van der Waals surface area contributed by atoms with E-state index in [9.17, 15) is 0 Å². The summed E-state index contributed by atoms with van der Waals surface area (Å²) in [5, 5.41) is 2.13. The molecule has 0 bridgehead atoms. The van der Waals surface area contributed by atoms with Crippen LogP contribution >= 0.6 is 11.3 Å². The van der Waals surface area contributed by atoms with Crippen LogP contribution in [-0.4, -0.2) is 16.7 Å². The molecule has 4 rings (SSSR count). The first-order chi connectivity index (χ1) is 13.2. The quantitative estimate of drug-likeness (QED) is 0.496. The lowest BCUT2D eigenvalue weighted by molar-refractivity contribution is 0.415. The molecule has 0 spiro atoms. The maximum Gasteiger partial charge on any atom is 0.196 e. The molecule has 2 aromatic carbocycles. The third kappa shape index (κ3) is 3.68. The van der Waals surface area contributed by atoms with Crippen LogP contribution in [-0.2, 0) is 0 Å². The molecule has 0 aliphatic rings. The zero-order chi connectivity index (χ0) is 18.6. The average molecular weight is 373 g/mol. The molecule has 4 aromatic rings. The summed E-state index contributed by atoms with van der Waals surface area (Å²) in [6.07, 6.45) is 0. The van der Waals surface area contributed by atoms with Gasteiger partial charge in [-0.3, -0.25) is 4.57 Å². The monoisotopic (exact) mass is 373 g/mol. The highest BCUT2D eigenvalue weighted by atomic mass is 32.1. The van der Waals surface area contributed by atoms with Crippen LogP contribution in [0.2, 0.25) is 0 Å². The maximum absolute atomic E-state index is 5.28. The van der Waals surface area contributed by atoms with Crippen LogP contribution in [0.5, 0.6) is 5.75 Å². The molecular weight excluding hydrogens is 354 g/mol. The van der Waals surface area contributed by atoms with Crippen molar-refractivity contribution in [2.24, 2.45) is 4.99 Å². The summed E-state index contributed by atoms with van der Waals surface area (Å²) in [7, 11) is 1.68. The van der Waals surface area contributed by atoms with Crippen molar-refractivity contribution in [2.75, 3.05) is 7.11 Å². The van der Waals surface area contributed by atoms with Gasteiger partial charge in [0.25, 0.3) is 0 Å². The standard InChI is InChI=1S/C22H19N3OS/c1-16-7-6-10-21(23-16)24-22-25(18-8-4-3-5-9-18)20(15-27-22)17-11-13-19(26-2)14-12-17/h3-15H,1-2H3/b24-22+. The van der Waals surface area contributed by atoms with Gasteiger partial charge in [-0.15, -0.1) is 11.3 Å². The Labute approximate surface area is 162 Å². The van der Waals surface area contributed by atoms with E-state index in [0.717, 1.165) is 33.2 Å². The first kappa shape index (κ1) is 17.2. The number of ether oxygens (including phenoxy) is 1. The van der Waals surface area contributed by atoms with Crippen molar-refractivity contribution in [3.63, 3.8) is 0 Å². The predicted octanol–water partition coefficient (Wildman–Crippen LogP) is 5.15. The highest BCUT2D eigenvalue weighted by Crippen LogP contribution is 2.26. The smallest absolute Gasteiger partial charge is 0.196 e. The summed E-state index contributed by atoms with van der Waals surface area (Å²) in [6, 6.07) is 24.2. The van der Waals surface area contributed by atoms with E-state index >= 15 is 0 Å². The molecule has 2 heterocycles. The van der Waals surface area contributed by atoms with Crippen molar-refractivity contribution >= 4 is 17.2 Å². The Morgan fingerprint density at radius 3 is 2.41 bits per heavy atom. The van der Waals surface area contributed by atoms with Crippen LogP contribution in [0.3, 0.4) is 0 Å². The molecule has 2 aromatic heterocycles. The van der Waals surface area contributed by atoms with E-state index in [-0.39, 0.29) is 0 Å². The predicted molar refractivity (Wildman–Crippen MR) is 110 cm³/mol. The number of benzene rings is 2. The fourth-order valence-electron chi connectivity index (χ4n) is 2.87. The molecule has 0 amide bonds. The molecule has 0 atom stereocenters. The third-order valence-electron chi connectivity index (χ3n) is 4.19. The van der Waals surface area contributed by atoms with Gasteiger partial charge in [0.2, 0.25) is 0 Å². The molecule has 0 aliphatic carbocycles. The topological polar surface area (TPSA) is 39.4 Å². The van der Waals surface area contributed by atoms with E-state index in [0.29, 0.717) is 5.82 Å². The van der Waals surface area contributed by atoms with Gasteiger partial charge in [-0.05, 0) is 61.0 Å². The van der Waals surface area contributed by atoms with Gasteiger partial charge in [0.1, 0.15) is 5.75 Å². The number of pyridine rings is 1. The lowest BCUT2D eigenvalue weighted by atomic mass is 10.1. The minimum absolute atomic E-state index is 0.711. The minimum Gasteiger partial charge on any atom is -0.497 e. The number of para-hydroxylation sites is 1. The first-order valence-corrected chi connectivity index (χ1v) is 9.51. The molecule has 0 fully saturated rings. The Morgan fingerprint density at radius 1 is 0.926 bits per heavy atom. The second-order valence-electron chi connectivity index (χ2n) is 6.05. The Balaban J connectivity index is 1.91. The number of aryl methyl sites for hydroxylation is 1. The van der Waals surface area contributed by atoms with E-state index in [1.165, 1.54) is 0 Å². The highest BCUT2D eigenvalue weighted by Gasteiger charge is 2.10. The van der Waals surface area contributed by atoms with E-state index in [1.807, 2.05) is 55.5 Å². The van der Waals surface area contributed by atoms with Gasteiger partial charge in [0.05, 0.1) is 12.8 Å². The summed E-state index contributed by atoms with van der Waals surface area (Å²) in [6.45, 7) is 1.97. The summed E-state index contributed by atoms with van der Waals surface area (Å²) in [5.74, 6) is 1.55. The summed E-state index contributed by atoms with van der Waals surface area (Å²) >= 11 is 1.60. The second-order valence-corrected chi connectivity index (χ2v) is 6.89. The number of thiazole rings is 1. The summed E-state index contributed by atoms with van der Waals surface area (Å²) in [4.78, 5) is 10.2. The normalized spacial score (nSPS) is 11.6. The zero-order valence-corrected chi connectivity index (χ0v) is 16.0. The Kier molecular flexibility index (Phi) is 4.85. The molecular formula is C22H19N3OS. The minimum atomic E-state index is 0.711. The van der Waals surface area contributed by atoms with Crippen molar-refractivity contribution in [3.8, 4) is 22.7 Å². The molecule has 134 valence electrons. The van der Waals surface area contributed by atoms with Crippen molar-refractivity contribution in [1.29, 1.82) is 0 Å². The number of hydrogen-bond acceptors (Lipinski definition) is 4. The van der Waals surface area contributed by atoms with Gasteiger partial charge in [-0.1, -0.05) is 24.3 Å². The molecule has 4 nitrogen and oxygen atoms in total. The average Bonchev–Trinajstić information content (AvgIpc) is 3.12. The molecule has 0 saturated heterocycles. The van der Waals surface area contributed by atoms with Gasteiger partial charge >= 0.3 is 0 Å². The molecule has 0 saturated carbocycles. The third-order valence-corrected chi connectivity index (χ3v) is 5.02. The number of hydrogen-bond donors (Lipinski definition) is 0. The van der Waals surface area contributed by atoms with Crippen LogP contribution in [0.4, 0.5) is 5.82 Å². The van der Waals surface area contributed by atoms with E-state index in [2.05, 4.69) is 39.2 Å². The van der Waals surface area contributed by atoms with Crippen molar-refractivity contribution in [3.05, 3.63) is 88.7 Å². The lowest BCUT2D eigenvalue weighted by Crippen LogP contribution is -2.13. The largest absolute Gasteiger partial charge is 0.497 e. The Hall–Kier alpha value is -3.18. The van der Waals surface area contributed by atoms with Gasteiger partial charge in [-0.2, -0.15) is 0 Å². The lowest BCUT2D eigenvalue weighted by Gasteiger charge is -2.10. The molecule has 27 heavy (non-hydrogen) atoms. The SMILES string of the molecule is COc1ccc(-c2cs/c(=N/c3cccc(C)n3)n2-c2ccccc2)cc1. The van der Waals surface area contributed by atoms with Gasteiger partial charge in [0.15, 0.2) is 10.6 Å². The first-order valence-electron chi connectivity index (χ1n) is 8.63. The maximum atomic E-state index is 5.28. The van der Waals surface area contributed by atoms with Crippen molar-refractivity contribution in [1.82, 2.24) is 9.55 Å². The van der Waals surface area contributed by atoms with Crippen LogP contribution in [0.1, 0.15) is 5.69 Å². The highest BCUT2D eigenvalue weighted by molar-refractivity contribution is 7.07. The van der Waals surface area contributed by atoms with Gasteiger partial charge < -0.3 is 4.74 Å². The number of aromatic nitrogens is 2. The van der Waals surface area contributed by atoms with Crippen LogP contribution in [0.15, 0.2) is 83.2 Å². The molecule has 0 N–H and O–H groups in total. The molecule has 0 unspecified atom stereocenters. The summed E-state index contributed by atoms with van der Waals surface area (Å²) < 4.78 is 7.45. The van der Waals surface area contributed by atoms with Crippen LogP contribution < -0.4 is 9.54 Å². The van der Waals surface area contributed by atoms with Crippen LogP contribution in [0.25, 0.3) is 16.9 Å². The number of rotatable bonds is 4. The number of methoxy groups -OCH3 is 1. The number of nitrogens with zero attached hydrogens (tertiary/aromatic N) is 3. The van der Waals surface area contributed by atoms with Crippen molar-refractivity contribution < 1.29 is 4.74 Å². The van der Waals surface area contributed by atoms with Crippen LogP contribution in [0, 0.1) is 6.92 Å². The van der Waals surface area contributed by atoms with Gasteiger partial charge in [-0.25, -0.2) is 9.98 Å². The zero-order valence-electron chi connectivity index (χ0n) is 15.2. The Bertz CT molecular complexity index is 1110. The fraction of sp³-hybridized carbons (Fsp3) is 0.0909. The molecule has 0 radical (unpaired) electrons. The molecule has 0 aliphatic heterocycles. The van der Waals surface area contributed by atoms with Gasteiger partial charge in [0, 0.05) is 16.8 Å².